The zero-order chi connectivity index (χ0) is 18.0. The van der Waals surface area contributed by atoms with Crippen LogP contribution in [0.15, 0.2) is 36.8 Å². The molecule has 2 aromatic rings. The van der Waals surface area contributed by atoms with Gasteiger partial charge in [-0.2, -0.15) is 0 Å². The van der Waals surface area contributed by atoms with Crippen molar-refractivity contribution in [1.82, 2.24) is 20.2 Å². The molecule has 1 aliphatic heterocycles. The summed E-state index contributed by atoms with van der Waals surface area (Å²) in [5.74, 6) is 2.52. The van der Waals surface area contributed by atoms with Crippen molar-refractivity contribution in [3.8, 4) is 11.3 Å². The van der Waals surface area contributed by atoms with Crippen LogP contribution in [0.4, 0.5) is 4.79 Å². The fraction of sp³-hybridized carbons (Fsp3) is 0.545. The molecule has 5 heteroatoms. The zero-order valence-corrected chi connectivity index (χ0v) is 15.5. The molecule has 1 unspecified atom stereocenters. The van der Waals surface area contributed by atoms with Crippen molar-refractivity contribution in [3.63, 3.8) is 0 Å². The summed E-state index contributed by atoms with van der Waals surface area (Å²) >= 11 is 0. The molecule has 1 atom stereocenters. The molecule has 2 heterocycles. The molecule has 0 radical (unpaired) electrons. The van der Waals surface area contributed by atoms with E-state index in [0.717, 1.165) is 23.4 Å². The monoisotopic (exact) mass is 362 g/mol. The van der Waals surface area contributed by atoms with Crippen LogP contribution in [-0.2, 0) is 0 Å². The van der Waals surface area contributed by atoms with Crippen molar-refractivity contribution < 1.29 is 4.79 Å². The first-order valence-corrected chi connectivity index (χ1v) is 10.4. The van der Waals surface area contributed by atoms with Gasteiger partial charge in [-0.15, -0.1) is 0 Å². The van der Waals surface area contributed by atoms with Crippen LogP contribution in [0.5, 0.6) is 0 Å². The molecule has 7 rings (SSSR count). The standard InChI is InChI=1S/C22H26N4O/c27-21(25-22-8-14-5-15(9-22)7-16(6-14)10-22)24-12-20-18-4-2-1-3-17(18)19-11-23-13-26(19)20/h1-4,11,13-16,20H,5-10,12H2,(H2,24,25,27). The maximum absolute atomic E-state index is 12.8. The lowest BCUT2D eigenvalue weighted by molar-refractivity contribution is -0.0135. The molecule has 4 aliphatic carbocycles. The molecule has 4 fully saturated rings. The van der Waals surface area contributed by atoms with Crippen LogP contribution in [0.1, 0.15) is 50.1 Å². The van der Waals surface area contributed by atoms with Crippen LogP contribution in [0.2, 0.25) is 0 Å². The number of nitrogens with one attached hydrogen (secondary N) is 2. The van der Waals surface area contributed by atoms with Crippen LogP contribution in [0.3, 0.4) is 0 Å². The molecule has 5 nitrogen and oxygen atoms in total. The maximum Gasteiger partial charge on any atom is 0.315 e. The lowest BCUT2D eigenvalue weighted by Crippen LogP contribution is -2.61. The Morgan fingerprint density at radius 1 is 1.11 bits per heavy atom. The number of imidazole rings is 1. The van der Waals surface area contributed by atoms with Crippen LogP contribution >= 0.6 is 0 Å². The highest BCUT2D eigenvalue weighted by molar-refractivity contribution is 5.75. The van der Waals surface area contributed by atoms with Crippen LogP contribution < -0.4 is 10.6 Å². The fourth-order valence-corrected chi connectivity index (χ4v) is 6.88. The number of nitrogens with zero attached hydrogens (tertiary/aromatic N) is 2. The van der Waals surface area contributed by atoms with Gasteiger partial charge in [-0.25, -0.2) is 9.78 Å². The van der Waals surface area contributed by atoms with E-state index in [1.54, 1.807) is 0 Å². The topological polar surface area (TPSA) is 59.0 Å². The normalized spacial score (nSPS) is 35.0. The molecule has 0 saturated heterocycles. The number of urea groups is 1. The molecule has 1 aromatic heterocycles. The van der Waals surface area contributed by atoms with Crippen molar-refractivity contribution >= 4 is 6.03 Å². The van der Waals surface area contributed by atoms with Crippen LogP contribution in [0.25, 0.3) is 11.3 Å². The molecule has 2 N–H and O–H groups in total. The Labute approximate surface area is 159 Å². The van der Waals surface area contributed by atoms with E-state index in [0.29, 0.717) is 6.54 Å². The van der Waals surface area contributed by atoms with Crippen molar-refractivity contribution in [2.24, 2.45) is 17.8 Å². The van der Waals surface area contributed by atoms with E-state index in [1.807, 2.05) is 12.5 Å². The van der Waals surface area contributed by atoms with Crippen molar-refractivity contribution in [2.75, 3.05) is 6.54 Å². The Kier molecular flexibility index (Phi) is 3.26. The van der Waals surface area contributed by atoms with E-state index >= 15 is 0 Å². The average molecular weight is 362 g/mol. The van der Waals surface area contributed by atoms with Gasteiger partial charge in [-0.1, -0.05) is 24.3 Å². The molecule has 1 aromatic carbocycles. The summed E-state index contributed by atoms with van der Waals surface area (Å²) in [6.07, 6.45) is 11.5. The summed E-state index contributed by atoms with van der Waals surface area (Å²) in [5.41, 5.74) is 3.69. The SMILES string of the molecule is O=C(NCC1c2ccccc2-c2cncn21)NC12CC3CC(CC(C3)C1)C2. The predicted molar refractivity (Wildman–Crippen MR) is 103 cm³/mol. The molecule has 27 heavy (non-hydrogen) atoms. The van der Waals surface area contributed by atoms with Crippen molar-refractivity contribution in [2.45, 2.75) is 50.1 Å². The van der Waals surface area contributed by atoms with E-state index in [9.17, 15) is 4.79 Å². The lowest BCUT2D eigenvalue weighted by Gasteiger charge is -2.56. The van der Waals surface area contributed by atoms with Gasteiger partial charge in [0.15, 0.2) is 0 Å². The summed E-state index contributed by atoms with van der Waals surface area (Å²) in [6, 6.07) is 8.56. The number of aromatic nitrogens is 2. The smallest absolute Gasteiger partial charge is 0.315 e. The van der Waals surface area contributed by atoms with Gasteiger partial charge in [0, 0.05) is 17.6 Å². The number of carbonyl (C=O) groups excluding carboxylic acids is 1. The Hall–Kier alpha value is -2.30. The first kappa shape index (κ1) is 15.7. The first-order valence-electron chi connectivity index (χ1n) is 10.4. The highest BCUT2D eigenvalue weighted by atomic mass is 16.2. The molecule has 2 amide bonds. The van der Waals surface area contributed by atoms with Gasteiger partial charge in [0.1, 0.15) is 0 Å². The van der Waals surface area contributed by atoms with Gasteiger partial charge < -0.3 is 15.2 Å². The van der Waals surface area contributed by atoms with Gasteiger partial charge in [0.2, 0.25) is 0 Å². The summed E-state index contributed by atoms with van der Waals surface area (Å²) in [4.78, 5) is 17.1. The Balaban J connectivity index is 1.16. The second-order valence-corrected chi connectivity index (χ2v) is 9.32. The predicted octanol–water partition coefficient (Wildman–Crippen LogP) is 3.72. The highest BCUT2D eigenvalue weighted by Crippen LogP contribution is 2.55. The van der Waals surface area contributed by atoms with Crippen LogP contribution in [0, 0.1) is 17.8 Å². The van der Waals surface area contributed by atoms with Gasteiger partial charge in [-0.3, -0.25) is 0 Å². The first-order chi connectivity index (χ1) is 13.2. The van der Waals surface area contributed by atoms with E-state index in [1.165, 1.54) is 49.7 Å². The largest absolute Gasteiger partial charge is 0.336 e. The average Bonchev–Trinajstić information content (AvgIpc) is 3.19. The van der Waals surface area contributed by atoms with Gasteiger partial charge in [-0.05, 0) is 61.8 Å². The van der Waals surface area contributed by atoms with Gasteiger partial charge >= 0.3 is 6.03 Å². The molecule has 4 saturated carbocycles. The minimum Gasteiger partial charge on any atom is -0.336 e. The quantitative estimate of drug-likeness (QED) is 0.874. The zero-order valence-electron chi connectivity index (χ0n) is 15.5. The molecule has 0 spiro atoms. The number of amides is 2. The van der Waals surface area contributed by atoms with Gasteiger partial charge in [0.05, 0.1) is 24.3 Å². The third-order valence-corrected chi connectivity index (χ3v) is 7.47. The minimum atomic E-state index is 0.00277. The number of hydrogen-bond acceptors (Lipinski definition) is 2. The van der Waals surface area contributed by atoms with E-state index < -0.39 is 0 Å². The summed E-state index contributed by atoms with van der Waals surface area (Å²) in [5, 5.41) is 6.59. The fourth-order valence-electron chi connectivity index (χ4n) is 6.88. The van der Waals surface area contributed by atoms with Crippen molar-refractivity contribution in [1.29, 1.82) is 0 Å². The Morgan fingerprint density at radius 2 is 1.81 bits per heavy atom. The number of benzene rings is 1. The van der Waals surface area contributed by atoms with Gasteiger partial charge in [0.25, 0.3) is 0 Å². The van der Waals surface area contributed by atoms with Crippen LogP contribution in [-0.4, -0.2) is 27.7 Å². The van der Waals surface area contributed by atoms with E-state index in [4.69, 9.17) is 0 Å². The molecular weight excluding hydrogens is 336 g/mol. The molecule has 140 valence electrons. The summed E-state index contributed by atoms with van der Waals surface area (Å²) in [6.45, 7) is 0.596. The lowest BCUT2D eigenvalue weighted by atomic mass is 9.53. The van der Waals surface area contributed by atoms with E-state index in [2.05, 4.69) is 44.5 Å². The molecule has 5 aliphatic rings. The highest BCUT2D eigenvalue weighted by Gasteiger charge is 2.51. The third-order valence-electron chi connectivity index (χ3n) is 7.47. The third kappa shape index (κ3) is 2.43. The number of carbonyl (C=O) groups is 1. The van der Waals surface area contributed by atoms with E-state index in [-0.39, 0.29) is 17.6 Å². The Bertz CT molecular complexity index is 866. The second-order valence-electron chi connectivity index (χ2n) is 9.32. The second kappa shape index (κ2) is 5.60. The summed E-state index contributed by atoms with van der Waals surface area (Å²) in [7, 11) is 0. The number of rotatable bonds is 3. The number of hydrogen-bond donors (Lipinski definition) is 2. The minimum absolute atomic E-state index is 0.00277. The Morgan fingerprint density at radius 3 is 2.56 bits per heavy atom. The van der Waals surface area contributed by atoms with Crippen molar-refractivity contribution in [3.05, 3.63) is 42.4 Å². The molecular formula is C22H26N4O. The summed E-state index contributed by atoms with van der Waals surface area (Å²) < 4.78 is 2.18. The number of fused-ring (bicyclic) bond motifs is 3. The molecule has 4 bridgehead atoms. The maximum atomic E-state index is 12.8.